The van der Waals surface area contributed by atoms with E-state index in [4.69, 9.17) is 0 Å². The molecule has 2 atom stereocenters. The molecule has 0 aliphatic carbocycles. The number of hydrogen-bond donors (Lipinski definition) is 1. The lowest BCUT2D eigenvalue weighted by Gasteiger charge is -2.24. The highest BCUT2D eigenvalue weighted by Gasteiger charge is 2.31. The second-order valence-electron chi connectivity index (χ2n) is 6.16. The van der Waals surface area contributed by atoms with Crippen molar-refractivity contribution in [1.29, 1.82) is 0 Å². The lowest BCUT2D eigenvalue weighted by atomic mass is 10.2. The van der Waals surface area contributed by atoms with Crippen LogP contribution in [0, 0.1) is 0 Å². The van der Waals surface area contributed by atoms with Crippen molar-refractivity contribution in [2.75, 3.05) is 24.6 Å². The minimum atomic E-state index is -2.95. The number of nitrogens with zero attached hydrogens (tertiary/aromatic N) is 3. The van der Waals surface area contributed by atoms with Crippen molar-refractivity contribution < 1.29 is 13.2 Å². The van der Waals surface area contributed by atoms with Crippen LogP contribution >= 0.6 is 0 Å². The van der Waals surface area contributed by atoms with Crippen LogP contribution in [-0.2, 0) is 21.2 Å². The van der Waals surface area contributed by atoms with E-state index in [1.807, 2.05) is 16.9 Å². The Labute approximate surface area is 130 Å². The van der Waals surface area contributed by atoms with Gasteiger partial charge >= 0.3 is 0 Å². The predicted molar refractivity (Wildman–Crippen MR) is 82.0 cm³/mol. The molecule has 2 aliphatic rings. The smallest absolute Gasteiger partial charge is 0.234 e. The topological polar surface area (TPSA) is 84.3 Å². The van der Waals surface area contributed by atoms with Crippen LogP contribution in [0.15, 0.2) is 18.5 Å². The average Bonchev–Trinajstić information content (AvgIpc) is 3.14. The van der Waals surface area contributed by atoms with Crippen LogP contribution < -0.4 is 5.32 Å². The molecule has 0 bridgehead atoms. The fourth-order valence-electron chi connectivity index (χ4n) is 3.30. The zero-order valence-corrected chi connectivity index (χ0v) is 13.3. The summed E-state index contributed by atoms with van der Waals surface area (Å²) in [5.74, 6) is 0.188. The van der Waals surface area contributed by atoms with Gasteiger partial charge in [-0.1, -0.05) is 0 Å². The highest BCUT2D eigenvalue weighted by Crippen LogP contribution is 2.18. The van der Waals surface area contributed by atoms with Crippen LogP contribution in [0.2, 0.25) is 0 Å². The molecule has 2 fully saturated rings. The van der Waals surface area contributed by atoms with Gasteiger partial charge in [0.25, 0.3) is 0 Å². The van der Waals surface area contributed by atoms with Crippen LogP contribution in [0.1, 0.15) is 19.3 Å². The number of aromatic nitrogens is 2. The Morgan fingerprint density at radius 3 is 2.91 bits per heavy atom. The van der Waals surface area contributed by atoms with Crippen molar-refractivity contribution in [2.45, 2.75) is 37.9 Å². The molecular formula is C14H22N4O3S. The summed E-state index contributed by atoms with van der Waals surface area (Å²) in [6.45, 7) is 2.03. The van der Waals surface area contributed by atoms with E-state index >= 15 is 0 Å². The molecule has 1 aromatic rings. The van der Waals surface area contributed by atoms with Gasteiger partial charge in [-0.3, -0.25) is 14.4 Å². The Kier molecular flexibility index (Phi) is 4.49. The first-order chi connectivity index (χ1) is 10.5. The monoisotopic (exact) mass is 326 g/mol. The zero-order chi connectivity index (χ0) is 15.6. The summed E-state index contributed by atoms with van der Waals surface area (Å²) >= 11 is 0. The first-order valence-corrected chi connectivity index (χ1v) is 9.55. The van der Waals surface area contributed by atoms with Gasteiger partial charge in [-0.2, -0.15) is 5.10 Å². The third-order valence-corrected chi connectivity index (χ3v) is 6.17. The van der Waals surface area contributed by atoms with E-state index in [0.29, 0.717) is 19.0 Å². The molecule has 1 aromatic heterocycles. The van der Waals surface area contributed by atoms with Gasteiger partial charge < -0.3 is 5.32 Å². The third kappa shape index (κ3) is 3.86. The molecule has 3 heterocycles. The normalized spacial score (nSPS) is 28.0. The molecule has 122 valence electrons. The van der Waals surface area contributed by atoms with E-state index in [1.54, 1.807) is 6.20 Å². The molecule has 2 aliphatic heterocycles. The predicted octanol–water partition coefficient (Wildman–Crippen LogP) is -0.349. The summed E-state index contributed by atoms with van der Waals surface area (Å²) in [6.07, 6.45) is 6.36. The first kappa shape index (κ1) is 15.5. The Hall–Kier alpha value is -1.41. The first-order valence-electron chi connectivity index (χ1n) is 7.73. The summed E-state index contributed by atoms with van der Waals surface area (Å²) in [5.41, 5.74) is 0. The maximum Gasteiger partial charge on any atom is 0.234 e. The number of carbonyl (C=O) groups is 1. The summed E-state index contributed by atoms with van der Waals surface area (Å²) in [4.78, 5) is 14.3. The number of rotatable bonds is 5. The third-order valence-electron chi connectivity index (χ3n) is 4.40. The second-order valence-corrected chi connectivity index (χ2v) is 8.39. The van der Waals surface area contributed by atoms with Crippen LogP contribution in [0.3, 0.4) is 0 Å². The van der Waals surface area contributed by atoms with E-state index in [-0.39, 0.29) is 23.5 Å². The standard InChI is InChI=1S/C14H22N4O3S/c19-14(16-12-4-8-22(20,21)11-12)10-17-6-1-3-13(17)9-18-7-2-5-15-18/h2,5,7,12-13H,1,3-4,6,8-11H2,(H,16,19)/t12-,13+/m0/s1. The molecule has 1 amide bonds. The Balaban J connectivity index is 1.50. The van der Waals surface area contributed by atoms with Gasteiger partial charge in [0.2, 0.25) is 5.91 Å². The summed E-state index contributed by atoms with van der Waals surface area (Å²) < 4.78 is 24.7. The highest BCUT2D eigenvalue weighted by molar-refractivity contribution is 7.91. The molecule has 7 nitrogen and oxygen atoms in total. The Morgan fingerprint density at radius 1 is 1.36 bits per heavy atom. The number of hydrogen-bond acceptors (Lipinski definition) is 5. The minimum absolute atomic E-state index is 0.0746. The highest BCUT2D eigenvalue weighted by atomic mass is 32.2. The molecular weight excluding hydrogens is 304 g/mol. The van der Waals surface area contributed by atoms with Crippen LogP contribution in [0.25, 0.3) is 0 Å². The number of likely N-dealkylation sites (tertiary alicyclic amines) is 1. The molecule has 3 rings (SSSR count). The maximum atomic E-state index is 12.1. The lowest BCUT2D eigenvalue weighted by molar-refractivity contribution is -0.123. The SMILES string of the molecule is O=C(CN1CCC[C@@H]1Cn1cccn1)N[C@H]1CCS(=O)(=O)C1. The molecule has 0 unspecified atom stereocenters. The molecule has 8 heteroatoms. The van der Waals surface area contributed by atoms with Crippen molar-refractivity contribution in [1.82, 2.24) is 20.0 Å². The maximum absolute atomic E-state index is 12.1. The molecule has 0 radical (unpaired) electrons. The Morgan fingerprint density at radius 2 is 2.23 bits per heavy atom. The summed E-state index contributed by atoms with van der Waals surface area (Å²) in [5, 5.41) is 7.07. The molecule has 22 heavy (non-hydrogen) atoms. The number of amides is 1. The largest absolute Gasteiger partial charge is 0.351 e. The van der Waals surface area contributed by atoms with Crippen molar-refractivity contribution in [3.8, 4) is 0 Å². The van der Waals surface area contributed by atoms with Gasteiger partial charge in [-0.15, -0.1) is 0 Å². The molecule has 0 aromatic carbocycles. The average molecular weight is 326 g/mol. The van der Waals surface area contributed by atoms with Gasteiger partial charge in [0.15, 0.2) is 9.84 Å². The molecule has 0 spiro atoms. The van der Waals surface area contributed by atoms with E-state index in [1.165, 1.54) is 0 Å². The number of nitrogens with one attached hydrogen (secondary N) is 1. The quantitative estimate of drug-likeness (QED) is 0.800. The van der Waals surface area contributed by atoms with Crippen molar-refractivity contribution in [3.05, 3.63) is 18.5 Å². The van der Waals surface area contributed by atoms with Crippen molar-refractivity contribution in [2.24, 2.45) is 0 Å². The van der Waals surface area contributed by atoms with E-state index < -0.39 is 9.84 Å². The lowest BCUT2D eigenvalue weighted by Crippen LogP contribution is -2.45. The van der Waals surface area contributed by atoms with Gasteiger partial charge in [0, 0.05) is 24.5 Å². The Bertz CT molecular complexity index is 614. The van der Waals surface area contributed by atoms with E-state index in [0.717, 1.165) is 25.9 Å². The zero-order valence-electron chi connectivity index (χ0n) is 12.5. The van der Waals surface area contributed by atoms with Crippen LogP contribution in [0.4, 0.5) is 0 Å². The minimum Gasteiger partial charge on any atom is -0.351 e. The van der Waals surface area contributed by atoms with Crippen LogP contribution in [-0.4, -0.2) is 65.7 Å². The fourth-order valence-corrected chi connectivity index (χ4v) is 4.97. The van der Waals surface area contributed by atoms with Gasteiger partial charge in [-0.05, 0) is 31.9 Å². The molecule has 2 saturated heterocycles. The second kappa shape index (κ2) is 6.37. The van der Waals surface area contributed by atoms with E-state index in [2.05, 4.69) is 15.3 Å². The van der Waals surface area contributed by atoms with Crippen LogP contribution in [0.5, 0.6) is 0 Å². The summed E-state index contributed by atoms with van der Waals surface area (Å²) in [7, 11) is -2.95. The van der Waals surface area contributed by atoms with Crippen molar-refractivity contribution in [3.63, 3.8) is 0 Å². The van der Waals surface area contributed by atoms with Gasteiger partial charge in [0.1, 0.15) is 0 Å². The van der Waals surface area contributed by atoms with Crippen molar-refractivity contribution >= 4 is 15.7 Å². The van der Waals surface area contributed by atoms with E-state index in [9.17, 15) is 13.2 Å². The van der Waals surface area contributed by atoms with Gasteiger partial charge in [0.05, 0.1) is 24.6 Å². The molecule has 0 saturated carbocycles. The fraction of sp³-hybridized carbons (Fsp3) is 0.714. The summed E-state index contributed by atoms with van der Waals surface area (Å²) in [6, 6.07) is 2.00. The number of carbonyl (C=O) groups excluding carboxylic acids is 1. The van der Waals surface area contributed by atoms with Gasteiger partial charge in [-0.25, -0.2) is 8.42 Å². The number of sulfone groups is 1. The molecule has 1 N–H and O–H groups in total.